The number of benzene rings is 1. The van der Waals surface area contributed by atoms with Crippen LogP contribution < -0.4 is 5.73 Å². The average Bonchev–Trinajstić information content (AvgIpc) is 2.16. The molecule has 0 radical (unpaired) electrons. The third-order valence-electron chi connectivity index (χ3n) is 2.11. The van der Waals surface area contributed by atoms with E-state index in [4.69, 9.17) is 5.73 Å². The molecule has 0 aliphatic rings. The van der Waals surface area contributed by atoms with Crippen molar-refractivity contribution < 1.29 is 9.72 Å². The summed E-state index contributed by atoms with van der Waals surface area (Å²) in [6.07, 6.45) is 0. The van der Waals surface area contributed by atoms with Gasteiger partial charge in [0.25, 0.3) is 5.69 Å². The first-order valence-electron chi connectivity index (χ1n) is 4.49. The van der Waals surface area contributed by atoms with Crippen LogP contribution in [0.3, 0.4) is 0 Å². The van der Waals surface area contributed by atoms with Crippen molar-refractivity contribution in [3.05, 3.63) is 39.4 Å². The second kappa shape index (κ2) is 4.18. The molecule has 1 rings (SSSR count). The number of Topliss-reactive ketones (excluding diaryl/α,β-unsaturated/α-hetero) is 1. The highest BCUT2D eigenvalue weighted by Crippen LogP contribution is 2.22. The SMILES string of the molecule is Cc1cccc([N+](=O)[O-])c1C(=O)C(C)N. The largest absolute Gasteiger partial charge is 0.321 e. The summed E-state index contributed by atoms with van der Waals surface area (Å²) in [7, 11) is 0. The molecule has 15 heavy (non-hydrogen) atoms. The van der Waals surface area contributed by atoms with Crippen molar-refractivity contribution >= 4 is 11.5 Å². The minimum Gasteiger partial charge on any atom is -0.321 e. The van der Waals surface area contributed by atoms with Gasteiger partial charge < -0.3 is 5.73 Å². The third-order valence-corrected chi connectivity index (χ3v) is 2.11. The number of carbonyl (C=O) groups excluding carboxylic acids is 1. The van der Waals surface area contributed by atoms with Gasteiger partial charge in [0.2, 0.25) is 0 Å². The van der Waals surface area contributed by atoms with Crippen LogP contribution >= 0.6 is 0 Å². The topological polar surface area (TPSA) is 86.2 Å². The normalized spacial score (nSPS) is 12.2. The van der Waals surface area contributed by atoms with Crippen molar-refractivity contribution in [1.82, 2.24) is 0 Å². The maximum Gasteiger partial charge on any atom is 0.280 e. The van der Waals surface area contributed by atoms with E-state index in [9.17, 15) is 14.9 Å². The first-order chi connectivity index (χ1) is 6.95. The molecule has 0 saturated heterocycles. The molecule has 0 aromatic heterocycles. The summed E-state index contributed by atoms with van der Waals surface area (Å²) >= 11 is 0. The molecule has 5 heteroatoms. The van der Waals surface area contributed by atoms with Crippen LogP contribution in [-0.4, -0.2) is 16.7 Å². The number of hydrogen-bond donors (Lipinski definition) is 1. The molecule has 5 nitrogen and oxygen atoms in total. The third kappa shape index (κ3) is 2.19. The molecule has 1 unspecified atom stereocenters. The van der Waals surface area contributed by atoms with Gasteiger partial charge in [-0.1, -0.05) is 12.1 Å². The van der Waals surface area contributed by atoms with Crippen molar-refractivity contribution in [1.29, 1.82) is 0 Å². The zero-order valence-electron chi connectivity index (χ0n) is 8.56. The van der Waals surface area contributed by atoms with Crippen LogP contribution in [0.25, 0.3) is 0 Å². The van der Waals surface area contributed by atoms with Gasteiger partial charge in [0.05, 0.1) is 16.5 Å². The Kier molecular flexibility index (Phi) is 3.16. The Morgan fingerprint density at radius 2 is 2.13 bits per heavy atom. The summed E-state index contributed by atoms with van der Waals surface area (Å²) in [5, 5.41) is 10.7. The van der Waals surface area contributed by atoms with E-state index in [2.05, 4.69) is 0 Å². The minimum absolute atomic E-state index is 0.109. The molecule has 0 saturated carbocycles. The highest BCUT2D eigenvalue weighted by molar-refractivity contribution is 6.04. The van der Waals surface area contributed by atoms with Crippen LogP contribution in [0.5, 0.6) is 0 Å². The van der Waals surface area contributed by atoms with Crippen LogP contribution in [0, 0.1) is 17.0 Å². The van der Waals surface area contributed by atoms with Crippen molar-refractivity contribution in [3.8, 4) is 0 Å². The van der Waals surface area contributed by atoms with E-state index in [1.165, 1.54) is 13.0 Å². The smallest absolute Gasteiger partial charge is 0.280 e. The lowest BCUT2D eigenvalue weighted by atomic mass is 9.99. The van der Waals surface area contributed by atoms with Gasteiger partial charge >= 0.3 is 0 Å². The second-order valence-electron chi connectivity index (χ2n) is 3.38. The zero-order valence-corrected chi connectivity index (χ0v) is 8.56. The fraction of sp³-hybridized carbons (Fsp3) is 0.300. The molecule has 0 amide bonds. The molecule has 0 aliphatic carbocycles. The predicted octanol–water partition coefficient (Wildman–Crippen LogP) is 1.43. The summed E-state index contributed by atoms with van der Waals surface area (Å²) in [5.74, 6) is -0.403. The monoisotopic (exact) mass is 208 g/mol. The summed E-state index contributed by atoms with van der Waals surface area (Å²) < 4.78 is 0. The zero-order chi connectivity index (χ0) is 11.6. The van der Waals surface area contributed by atoms with E-state index in [0.717, 1.165) is 0 Å². The van der Waals surface area contributed by atoms with Crippen molar-refractivity contribution in [2.45, 2.75) is 19.9 Å². The molecule has 80 valence electrons. The van der Waals surface area contributed by atoms with Gasteiger partial charge in [0.1, 0.15) is 0 Å². The molecular weight excluding hydrogens is 196 g/mol. The Morgan fingerprint density at radius 1 is 1.53 bits per heavy atom. The Hall–Kier alpha value is -1.75. The van der Waals surface area contributed by atoms with Gasteiger partial charge in [-0.3, -0.25) is 14.9 Å². The Balaban J connectivity index is 3.37. The first kappa shape index (κ1) is 11.3. The van der Waals surface area contributed by atoms with E-state index >= 15 is 0 Å². The van der Waals surface area contributed by atoms with Crippen LogP contribution in [-0.2, 0) is 0 Å². The van der Waals surface area contributed by atoms with Gasteiger partial charge in [-0.2, -0.15) is 0 Å². The van der Waals surface area contributed by atoms with Gasteiger partial charge in [0.15, 0.2) is 5.78 Å². The predicted molar refractivity (Wildman–Crippen MR) is 55.8 cm³/mol. The van der Waals surface area contributed by atoms with Crippen LogP contribution in [0.4, 0.5) is 5.69 Å². The summed E-state index contributed by atoms with van der Waals surface area (Å²) in [5.41, 5.74) is 5.93. The molecule has 0 aliphatic heterocycles. The second-order valence-corrected chi connectivity index (χ2v) is 3.38. The van der Waals surface area contributed by atoms with Crippen molar-refractivity contribution in [2.24, 2.45) is 5.73 Å². The number of aryl methyl sites for hydroxylation is 1. The summed E-state index contributed by atoms with van der Waals surface area (Å²) in [6.45, 7) is 3.17. The molecule has 0 heterocycles. The van der Waals surface area contributed by atoms with Gasteiger partial charge in [-0.05, 0) is 19.4 Å². The number of nitro groups is 1. The van der Waals surface area contributed by atoms with E-state index in [1.54, 1.807) is 19.1 Å². The van der Waals surface area contributed by atoms with E-state index in [0.29, 0.717) is 5.56 Å². The number of nitrogens with zero attached hydrogens (tertiary/aromatic N) is 1. The summed E-state index contributed by atoms with van der Waals surface area (Å²) in [4.78, 5) is 21.8. The molecule has 0 fully saturated rings. The lowest BCUT2D eigenvalue weighted by Crippen LogP contribution is -2.28. The highest BCUT2D eigenvalue weighted by Gasteiger charge is 2.23. The van der Waals surface area contributed by atoms with Crippen molar-refractivity contribution in [3.63, 3.8) is 0 Å². The summed E-state index contributed by atoms with van der Waals surface area (Å²) in [6, 6.07) is 3.78. The number of hydrogen-bond acceptors (Lipinski definition) is 4. The van der Waals surface area contributed by atoms with Gasteiger partial charge in [-0.25, -0.2) is 0 Å². The average molecular weight is 208 g/mol. The maximum atomic E-state index is 11.7. The standard InChI is InChI=1S/C10H12N2O3/c1-6-4-3-5-8(12(14)15)9(6)10(13)7(2)11/h3-5,7H,11H2,1-2H3. The van der Waals surface area contributed by atoms with Crippen LogP contribution in [0.1, 0.15) is 22.8 Å². The minimum atomic E-state index is -0.732. The number of ketones is 1. The lowest BCUT2D eigenvalue weighted by Gasteiger charge is -2.07. The number of carbonyl (C=O) groups is 1. The molecule has 1 aromatic carbocycles. The van der Waals surface area contributed by atoms with Crippen LogP contribution in [0.2, 0.25) is 0 Å². The van der Waals surface area contributed by atoms with Crippen LogP contribution in [0.15, 0.2) is 18.2 Å². The number of rotatable bonds is 3. The quantitative estimate of drug-likeness (QED) is 0.462. The fourth-order valence-electron chi connectivity index (χ4n) is 1.35. The Bertz CT molecular complexity index is 413. The maximum absolute atomic E-state index is 11.7. The molecule has 1 atom stereocenters. The highest BCUT2D eigenvalue weighted by atomic mass is 16.6. The fourth-order valence-corrected chi connectivity index (χ4v) is 1.35. The van der Waals surface area contributed by atoms with Gasteiger partial charge in [0, 0.05) is 6.07 Å². The first-order valence-corrected chi connectivity index (χ1v) is 4.49. The molecule has 1 aromatic rings. The van der Waals surface area contributed by atoms with Crippen molar-refractivity contribution in [2.75, 3.05) is 0 Å². The Morgan fingerprint density at radius 3 is 2.60 bits per heavy atom. The van der Waals surface area contributed by atoms with Gasteiger partial charge in [-0.15, -0.1) is 0 Å². The molecular formula is C10H12N2O3. The Labute approximate surface area is 87.0 Å². The van der Waals surface area contributed by atoms with E-state index in [1.807, 2.05) is 0 Å². The lowest BCUT2D eigenvalue weighted by molar-refractivity contribution is -0.385. The molecule has 0 spiro atoms. The van der Waals surface area contributed by atoms with E-state index < -0.39 is 16.7 Å². The molecule has 2 N–H and O–H groups in total. The van der Waals surface area contributed by atoms with E-state index in [-0.39, 0.29) is 11.3 Å². The number of nitro benzene ring substituents is 1. The number of nitrogens with two attached hydrogens (primary N) is 1. The molecule has 0 bridgehead atoms.